The number of nitrogens with one attached hydrogen (secondary N) is 1. The van der Waals surface area contributed by atoms with Crippen LogP contribution in [0.15, 0.2) is 24.7 Å². The zero-order chi connectivity index (χ0) is 13.1. The van der Waals surface area contributed by atoms with Gasteiger partial charge in [0.05, 0.1) is 36.3 Å². The van der Waals surface area contributed by atoms with Crippen molar-refractivity contribution in [2.45, 2.75) is 6.04 Å². The second kappa shape index (κ2) is 5.37. The number of nitrogens with zero attached hydrogens (tertiary/aromatic N) is 3. The molecular formula is C12H15ClN4O. The summed E-state index contributed by atoms with van der Waals surface area (Å²) < 4.78 is 7.08. The number of ether oxygens (including phenoxy) is 1. The summed E-state index contributed by atoms with van der Waals surface area (Å²) in [4.78, 5) is 4.05. The molecule has 0 aliphatic heterocycles. The molecule has 6 heteroatoms. The van der Waals surface area contributed by atoms with Gasteiger partial charge in [0.2, 0.25) is 0 Å². The summed E-state index contributed by atoms with van der Waals surface area (Å²) >= 11 is 6.18. The van der Waals surface area contributed by atoms with Crippen LogP contribution < -0.4 is 10.1 Å². The summed E-state index contributed by atoms with van der Waals surface area (Å²) in [6.07, 6.45) is 5.05. The summed E-state index contributed by atoms with van der Waals surface area (Å²) in [6.45, 7) is 0. The minimum atomic E-state index is -0.0945. The Kier molecular flexibility index (Phi) is 3.84. The maximum Gasteiger partial charge on any atom is 0.142 e. The standard InChI is InChI=1S/C12H15ClN4O/c1-14-11(12-9(13)6-16-17(12)2)8-4-5-15-7-10(8)18-3/h4-7,11,14H,1-3H3. The van der Waals surface area contributed by atoms with Gasteiger partial charge in [0, 0.05) is 18.8 Å². The van der Waals surface area contributed by atoms with Crippen LogP contribution in [0.2, 0.25) is 5.02 Å². The number of hydrogen-bond donors (Lipinski definition) is 1. The number of aryl methyl sites for hydroxylation is 1. The van der Waals surface area contributed by atoms with Gasteiger partial charge in [-0.3, -0.25) is 9.67 Å². The molecule has 0 aliphatic carbocycles. The number of hydrogen-bond acceptors (Lipinski definition) is 4. The largest absolute Gasteiger partial charge is 0.495 e. The van der Waals surface area contributed by atoms with Gasteiger partial charge in [0.15, 0.2) is 0 Å². The predicted octanol–water partition coefficient (Wildman–Crippen LogP) is 1.79. The molecule has 0 spiro atoms. The average molecular weight is 267 g/mol. The Balaban J connectivity index is 2.52. The number of rotatable bonds is 4. The SMILES string of the molecule is CNC(c1ccncc1OC)c1c(Cl)cnn1C. The zero-order valence-corrected chi connectivity index (χ0v) is 11.3. The molecule has 2 rings (SSSR count). The normalized spacial score (nSPS) is 12.4. The third-order valence-electron chi connectivity index (χ3n) is 2.85. The molecule has 5 nitrogen and oxygen atoms in total. The van der Waals surface area contributed by atoms with E-state index in [1.807, 2.05) is 20.2 Å². The Morgan fingerprint density at radius 2 is 2.22 bits per heavy atom. The molecule has 0 saturated carbocycles. The Morgan fingerprint density at radius 3 is 2.78 bits per heavy atom. The molecule has 0 saturated heterocycles. The molecule has 2 heterocycles. The Labute approximate surface area is 111 Å². The lowest BCUT2D eigenvalue weighted by molar-refractivity contribution is 0.402. The van der Waals surface area contributed by atoms with E-state index in [4.69, 9.17) is 16.3 Å². The third-order valence-corrected chi connectivity index (χ3v) is 3.14. The van der Waals surface area contributed by atoms with Crippen LogP contribution >= 0.6 is 11.6 Å². The van der Waals surface area contributed by atoms with Crippen molar-refractivity contribution < 1.29 is 4.74 Å². The molecule has 0 amide bonds. The molecule has 0 radical (unpaired) electrons. The molecule has 1 atom stereocenters. The highest BCUT2D eigenvalue weighted by atomic mass is 35.5. The zero-order valence-electron chi connectivity index (χ0n) is 10.5. The Hall–Kier alpha value is -1.59. The predicted molar refractivity (Wildman–Crippen MR) is 69.9 cm³/mol. The van der Waals surface area contributed by atoms with Crippen LogP contribution in [-0.4, -0.2) is 28.9 Å². The fourth-order valence-electron chi connectivity index (χ4n) is 1.98. The van der Waals surface area contributed by atoms with Crippen molar-refractivity contribution >= 4 is 11.6 Å². The van der Waals surface area contributed by atoms with Gasteiger partial charge in [0.25, 0.3) is 0 Å². The Morgan fingerprint density at radius 1 is 1.44 bits per heavy atom. The van der Waals surface area contributed by atoms with Gasteiger partial charge in [-0.1, -0.05) is 11.6 Å². The smallest absolute Gasteiger partial charge is 0.142 e. The quantitative estimate of drug-likeness (QED) is 0.917. The first-order valence-electron chi connectivity index (χ1n) is 5.51. The second-order valence-corrected chi connectivity index (χ2v) is 4.25. The molecular weight excluding hydrogens is 252 g/mol. The Bertz CT molecular complexity index is 521. The van der Waals surface area contributed by atoms with Gasteiger partial charge < -0.3 is 10.1 Å². The summed E-state index contributed by atoms with van der Waals surface area (Å²) in [5, 5.41) is 8.00. The third kappa shape index (κ3) is 2.19. The van der Waals surface area contributed by atoms with E-state index in [1.54, 1.807) is 30.4 Å². The van der Waals surface area contributed by atoms with Gasteiger partial charge in [-0.2, -0.15) is 5.10 Å². The highest BCUT2D eigenvalue weighted by Gasteiger charge is 2.22. The van der Waals surface area contributed by atoms with Crippen molar-refractivity contribution in [3.05, 3.63) is 40.9 Å². The van der Waals surface area contributed by atoms with E-state index in [1.165, 1.54) is 0 Å². The van der Waals surface area contributed by atoms with Crippen LogP contribution in [0.25, 0.3) is 0 Å². The molecule has 2 aromatic rings. The van der Waals surface area contributed by atoms with Crippen molar-refractivity contribution in [2.24, 2.45) is 7.05 Å². The lowest BCUT2D eigenvalue weighted by atomic mass is 10.0. The maximum atomic E-state index is 6.18. The molecule has 18 heavy (non-hydrogen) atoms. The van der Waals surface area contributed by atoms with Crippen molar-refractivity contribution in [3.8, 4) is 5.75 Å². The van der Waals surface area contributed by atoms with E-state index in [2.05, 4.69) is 15.4 Å². The fraction of sp³-hybridized carbons (Fsp3) is 0.333. The van der Waals surface area contributed by atoms with E-state index in [0.29, 0.717) is 10.8 Å². The molecule has 1 unspecified atom stereocenters. The summed E-state index contributed by atoms with van der Waals surface area (Å²) in [7, 11) is 5.35. The van der Waals surface area contributed by atoms with Gasteiger partial charge in [0.1, 0.15) is 5.75 Å². The van der Waals surface area contributed by atoms with Gasteiger partial charge in [-0.25, -0.2) is 0 Å². The number of pyridine rings is 1. The van der Waals surface area contributed by atoms with Crippen molar-refractivity contribution in [1.29, 1.82) is 0 Å². The fourth-order valence-corrected chi connectivity index (χ4v) is 2.26. The van der Waals surface area contributed by atoms with Crippen molar-refractivity contribution in [3.63, 3.8) is 0 Å². The highest BCUT2D eigenvalue weighted by molar-refractivity contribution is 6.31. The first-order valence-corrected chi connectivity index (χ1v) is 5.89. The lowest BCUT2D eigenvalue weighted by Gasteiger charge is -2.19. The second-order valence-electron chi connectivity index (χ2n) is 3.84. The first kappa shape index (κ1) is 12.9. The minimum Gasteiger partial charge on any atom is -0.495 e. The first-order chi connectivity index (χ1) is 8.69. The van der Waals surface area contributed by atoms with Crippen LogP contribution in [-0.2, 0) is 7.05 Å². The van der Waals surface area contributed by atoms with E-state index in [-0.39, 0.29) is 6.04 Å². The molecule has 1 N–H and O–H groups in total. The van der Waals surface area contributed by atoms with Crippen LogP contribution in [0.3, 0.4) is 0 Å². The number of methoxy groups -OCH3 is 1. The molecule has 0 aromatic carbocycles. The van der Waals surface area contributed by atoms with Gasteiger partial charge in [-0.05, 0) is 13.1 Å². The van der Waals surface area contributed by atoms with Crippen molar-refractivity contribution in [2.75, 3.05) is 14.2 Å². The van der Waals surface area contributed by atoms with Crippen LogP contribution in [0.1, 0.15) is 17.3 Å². The molecule has 0 fully saturated rings. The summed E-state index contributed by atoms with van der Waals surface area (Å²) in [5.74, 6) is 0.717. The van der Waals surface area contributed by atoms with Crippen LogP contribution in [0, 0.1) is 0 Å². The molecule has 2 aromatic heterocycles. The maximum absolute atomic E-state index is 6.18. The van der Waals surface area contributed by atoms with E-state index >= 15 is 0 Å². The monoisotopic (exact) mass is 266 g/mol. The minimum absolute atomic E-state index is 0.0945. The van der Waals surface area contributed by atoms with E-state index in [0.717, 1.165) is 11.3 Å². The van der Waals surface area contributed by atoms with Crippen LogP contribution in [0.4, 0.5) is 0 Å². The number of halogens is 1. The molecule has 96 valence electrons. The highest BCUT2D eigenvalue weighted by Crippen LogP contribution is 2.32. The van der Waals surface area contributed by atoms with Gasteiger partial charge >= 0.3 is 0 Å². The topological polar surface area (TPSA) is 52.0 Å². The van der Waals surface area contributed by atoms with E-state index in [9.17, 15) is 0 Å². The van der Waals surface area contributed by atoms with Crippen molar-refractivity contribution in [1.82, 2.24) is 20.1 Å². The number of aromatic nitrogens is 3. The molecule has 0 bridgehead atoms. The van der Waals surface area contributed by atoms with E-state index < -0.39 is 0 Å². The average Bonchev–Trinajstić information content (AvgIpc) is 2.72. The van der Waals surface area contributed by atoms with Gasteiger partial charge in [-0.15, -0.1) is 0 Å². The molecule has 0 aliphatic rings. The van der Waals surface area contributed by atoms with Crippen LogP contribution in [0.5, 0.6) is 5.75 Å². The lowest BCUT2D eigenvalue weighted by Crippen LogP contribution is -2.21. The summed E-state index contributed by atoms with van der Waals surface area (Å²) in [6, 6.07) is 1.81. The summed E-state index contributed by atoms with van der Waals surface area (Å²) in [5.41, 5.74) is 1.86.